The highest BCUT2D eigenvalue weighted by Crippen LogP contribution is 2.17. The minimum atomic E-state index is -4.18. The highest BCUT2D eigenvalue weighted by molar-refractivity contribution is 7.89. The second-order valence-electron chi connectivity index (χ2n) is 4.93. The van der Waals surface area contributed by atoms with Crippen molar-refractivity contribution in [2.24, 2.45) is 0 Å². The van der Waals surface area contributed by atoms with Gasteiger partial charge in [-0.1, -0.05) is 18.2 Å². The predicted octanol–water partition coefficient (Wildman–Crippen LogP) is 0.719. The lowest BCUT2D eigenvalue weighted by molar-refractivity contribution is -0.255. The summed E-state index contributed by atoms with van der Waals surface area (Å²) in [5.41, 5.74) is 0.422. The molecule has 0 saturated carbocycles. The standard InChI is InChI=1S/C16H16FNO5S/c1-23-13-4-2-3-11(9-13)7-8-18-24(21,22)15-10-12(16(19)20)5-6-14(15)17/h2-6,9-10,18H,7-8H2,1H3,(H,19,20)/p-1. The average molecular weight is 352 g/mol. The van der Waals surface area contributed by atoms with Gasteiger partial charge in [0, 0.05) is 6.54 Å². The molecule has 0 atom stereocenters. The fraction of sp³-hybridized carbons (Fsp3) is 0.188. The number of sulfonamides is 1. The molecular weight excluding hydrogens is 337 g/mol. The van der Waals surface area contributed by atoms with Gasteiger partial charge in [0.05, 0.1) is 13.1 Å². The molecular formula is C16H15FNO5S-. The van der Waals surface area contributed by atoms with Crippen LogP contribution in [0.1, 0.15) is 15.9 Å². The number of carbonyl (C=O) groups excluding carboxylic acids is 1. The summed E-state index contributed by atoms with van der Waals surface area (Å²) in [5.74, 6) is -1.97. The van der Waals surface area contributed by atoms with E-state index in [0.29, 0.717) is 12.2 Å². The SMILES string of the molecule is COc1cccc(CCNS(=O)(=O)c2cc(C(=O)[O-])ccc2F)c1. The van der Waals surface area contributed by atoms with Crippen molar-refractivity contribution >= 4 is 16.0 Å². The van der Waals surface area contributed by atoms with Gasteiger partial charge in [-0.15, -0.1) is 0 Å². The fourth-order valence-corrected chi connectivity index (χ4v) is 3.20. The molecule has 24 heavy (non-hydrogen) atoms. The Morgan fingerprint density at radius 3 is 2.67 bits per heavy atom. The van der Waals surface area contributed by atoms with Crippen LogP contribution in [0.15, 0.2) is 47.4 Å². The zero-order chi connectivity index (χ0) is 17.7. The number of nitrogens with one attached hydrogen (secondary N) is 1. The molecule has 0 amide bonds. The third-order valence-corrected chi connectivity index (χ3v) is 4.77. The van der Waals surface area contributed by atoms with Crippen LogP contribution in [0.5, 0.6) is 5.75 Å². The molecule has 8 heteroatoms. The Morgan fingerprint density at radius 1 is 1.25 bits per heavy atom. The molecule has 0 aliphatic heterocycles. The summed E-state index contributed by atoms with van der Waals surface area (Å²) in [6, 6.07) is 9.54. The lowest BCUT2D eigenvalue weighted by Gasteiger charge is -2.10. The van der Waals surface area contributed by atoms with Crippen molar-refractivity contribution in [3.63, 3.8) is 0 Å². The maximum atomic E-state index is 13.7. The second-order valence-corrected chi connectivity index (χ2v) is 6.67. The number of rotatable bonds is 7. The Kier molecular flexibility index (Phi) is 5.53. The summed E-state index contributed by atoms with van der Waals surface area (Å²) < 4.78 is 45.4. The molecule has 0 aliphatic rings. The number of carbonyl (C=O) groups is 1. The van der Waals surface area contributed by atoms with Gasteiger partial charge in [-0.3, -0.25) is 0 Å². The van der Waals surface area contributed by atoms with E-state index in [4.69, 9.17) is 4.74 Å². The predicted molar refractivity (Wildman–Crippen MR) is 82.6 cm³/mol. The number of carboxylic acid groups (broad SMARTS) is 1. The lowest BCUT2D eigenvalue weighted by atomic mass is 10.1. The summed E-state index contributed by atoms with van der Waals surface area (Å²) in [6.45, 7) is 0.0183. The summed E-state index contributed by atoms with van der Waals surface area (Å²) in [6.07, 6.45) is 0.359. The number of halogens is 1. The first-order valence-electron chi connectivity index (χ1n) is 6.97. The lowest BCUT2D eigenvalue weighted by Crippen LogP contribution is -2.28. The number of aromatic carboxylic acids is 1. The van der Waals surface area contributed by atoms with Crippen molar-refractivity contribution in [3.05, 3.63) is 59.4 Å². The zero-order valence-electron chi connectivity index (χ0n) is 12.8. The maximum Gasteiger partial charge on any atom is 0.243 e. The van der Waals surface area contributed by atoms with E-state index in [-0.39, 0.29) is 6.54 Å². The van der Waals surface area contributed by atoms with Crippen molar-refractivity contribution < 1.29 is 27.4 Å². The molecule has 0 saturated heterocycles. The molecule has 0 aromatic heterocycles. The van der Waals surface area contributed by atoms with E-state index < -0.39 is 32.3 Å². The van der Waals surface area contributed by atoms with E-state index in [1.165, 1.54) is 7.11 Å². The summed E-state index contributed by atoms with van der Waals surface area (Å²) in [5, 5.41) is 10.8. The topological polar surface area (TPSA) is 95.5 Å². The summed E-state index contributed by atoms with van der Waals surface area (Å²) in [4.78, 5) is 10.1. The van der Waals surface area contributed by atoms with Crippen molar-refractivity contribution in [1.29, 1.82) is 0 Å². The van der Waals surface area contributed by atoms with Crippen LogP contribution >= 0.6 is 0 Å². The summed E-state index contributed by atoms with van der Waals surface area (Å²) in [7, 11) is -2.66. The first-order chi connectivity index (χ1) is 11.3. The van der Waals surface area contributed by atoms with Crippen LogP contribution < -0.4 is 14.6 Å². The van der Waals surface area contributed by atoms with E-state index in [2.05, 4.69) is 4.72 Å². The smallest absolute Gasteiger partial charge is 0.243 e. The van der Waals surface area contributed by atoms with Crippen LogP contribution in [-0.2, 0) is 16.4 Å². The van der Waals surface area contributed by atoms with Gasteiger partial charge in [-0.05, 0) is 41.8 Å². The first kappa shape index (κ1) is 17.9. The minimum absolute atomic E-state index is 0.0183. The molecule has 0 bridgehead atoms. The Labute approximate surface area is 138 Å². The van der Waals surface area contributed by atoms with Gasteiger partial charge in [0.2, 0.25) is 10.0 Å². The Bertz CT molecular complexity index is 851. The van der Waals surface area contributed by atoms with Crippen LogP contribution in [0, 0.1) is 5.82 Å². The number of carboxylic acids is 1. The van der Waals surface area contributed by atoms with Gasteiger partial charge in [-0.25, -0.2) is 17.5 Å². The number of hydrogen-bond acceptors (Lipinski definition) is 5. The molecule has 0 spiro atoms. The van der Waals surface area contributed by atoms with Crippen LogP contribution in [0.3, 0.4) is 0 Å². The third kappa shape index (κ3) is 4.30. The van der Waals surface area contributed by atoms with Crippen LogP contribution in [-0.4, -0.2) is 28.0 Å². The Balaban J connectivity index is 2.11. The molecule has 0 unspecified atom stereocenters. The average Bonchev–Trinajstić information content (AvgIpc) is 2.55. The van der Waals surface area contributed by atoms with Gasteiger partial charge in [0.1, 0.15) is 16.5 Å². The monoisotopic (exact) mass is 352 g/mol. The van der Waals surface area contributed by atoms with E-state index in [1.54, 1.807) is 24.3 Å². The maximum absolute atomic E-state index is 13.7. The van der Waals surface area contributed by atoms with Gasteiger partial charge in [0.15, 0.2) is 0 Å². The number of methoxy groups -OCH3 is 1. The molecule has 2 aromatic rings. The van der Waals surface area contributed by atoms with Crippen LogP contribution in [0.25, 0.3) is 0 Å². The molecule has 0 heterocycles. The van der Waals surface area contributed by atoms with Gasteiger partial charge < -0.3 is 14.6 Å². The highest BCUT2D eigenvalue weighted by atomic mass is 32.2. The van der Waals surface area contributed by atoms with Crippen LogP contribution in [0.2, 0.25) is 0 Å². The zero-order valence-corrected chi connectivity index (χ0v) is 13.6. The molecule has 0 fully saturated rings. The highest BCUT2D eigenvalue weighted by Gasteiger charge is 2.19. The number of hydrogen-bond donors (Lipinski definition) is 1. The second kappa shape index (κ2) is 7.41. The Hall–Kier alpha value is -2.45. The molecule has 1 N–H and O–H groups in total. The Morgan fingerprint density at radius 2 is 2.00 bits per heavy atom. The molecule has 2 aromatic carbocycles. The molecule has 0 radical (unpaired) electrons. The van der Waals surface area contributed by atoms with Gasteiger partial charge in [-0.2, -0.15) is 0 Å². The largest absolute Gasteiger partial charge is 0.545 e. The molecule has 0 aliphatic carbocycles. The van der Waals surface area contributed by atoms with Crippen molar-refractivity contribution in [2.45, 2.75) is 11.3 Å². The van der Waals surface area contributed by atoms with E-state index >= 15 is 0 Å². The van der Waals surface area contributed by atoms with Gasteiger partial charge in [0.25, 0.3) is 0 Å². The van der Waals surface area contributed by atoms with E-state index in [0.717, 1.165) is 23.8 Å². The van der Waals surface area contributed by atoms with Gasteiger partial charge >= 0.3 is 0 Å². The molecule has 2 rings (SSSR count). The quantitative estimate of drug-likeness (QED) is 0.792. The minimum Gasteiger partial charge on any atom is -0.545 e. The van der Waals surface area contributed by atoms with E-state index in [9.17, 15) is 22.7 Å². The van der Waals surface area contributed by atoms with Crippen molar-refractivity contribution in [2.75, 3.05) is 13.7 Å². The molecule has 6 nitrogen and oxygen atoms in total. The van der Waals surface area contributed by atoms with Crippen molar-refractivity contribution in [3.8, 4) is 5.75 Å². The normalized spacial score (nSPS) is 11.2. The fourth-order valence-electron chi connectivity index (χ4n) is 2.07. The van der Waals surface area contributed by atoms with E-state index in [1.807, 2.05) is 0 Å². The van der Waals surface area contributed by atoms with Crippen molar-refractivity contribution in [1.82, 2.24) is 4.72 Å². The number of ether oxygens (including phenoxy) is 1. The van der Waals surface area contributed by atoms with Crippen LogP contribution in [0.4, 0.5) is 4.39 Å². The molecule has 128 valence electrons. The summed E-state index contributed by atoms with van der Waals surface area (Å²) >= 11 is 0. The number of benzene rings is 2. The first-order valence-corrected chi connectivity index (χ1v) is 8.45. The third-order valence-electron chi connectivity index (χ3n) is 3.30.